The van der Waals surface area contributed by atoms with Gasteiger partial charge in [-0.2, -0.15) is 0 Å². The van der Waals surface area contributed by atoms with E-state index in [1.807, 2.05) is 60.7 Å². The van der Waals surface area contributed by atoms with Crippen LogP contribution >= 0.6 is 11.8 Å². The smallest absolute Gasteiger partial charge is 0.269 e. The van der Waals surface area contributed by atoms with E-state index < -0.39 is 4.92 Å². The van der Waals surface area contributed by atoms with Gasteiger partial charge in [-0.25, -0.2) is 0 Å². The van der Waals surface area contributed by atoms with Gasteiger partial charge in [0.1, 0.15) is 5.58 Å². The highest BCUT2D eigenvalue weighted by Crippen LogP contribution is 2.27. The fraction of sp³-hybridized carbons (Fsp3) is 0.0417. The molecule has 4 aromatic rings. The number of nitro benzene ring substituents is 1. The van der Waals surface area contributed by atoms with Crippen LogP contribution in [0.1, 0.15) is 0 Å². The molecule has 0 saturated carbocycles. The number of fused-ring (bicyclic) bond motifs is 1. The molecule has 3 aromatic carbocycles. The van der Waals surface area contributed by atoms with E-state index in [-0.39, 0.29) is 22.9 Å². The summed E-state index contributed by atoms with van der Waals surface area (Å²) in [6.45, 7) is 0. The lowest BCUT2D eigenvalue weighted by Crippen LogP contribution is -2.29. The Bertz CT molecular complexity index is 1460. The molecule has 0 unspecified atom stereocenters. The highest BCUT2D eigenvalue weighted by atomic mass is 32.2. The van der Waals surface area contributed by atoms with Crippen molar-refractivity contribution in [3.05, 3.63) is 101 Å². The Morgan fingerprint density at radius 3 is 2.42 bits per heavy atom. The summed E-state index contributed by atoms with van der Waals surface area (Å²) < 4.78 is 6.03. The van der Waals surface area contributed by atoms with Gasteiger partial charge in [-0.05, 0) is 42.0 Å². The highest BCUT2D eigenvalue weighted by molar-refractivity contribution is 8.15. The Hall–Kier alpha value is -4.24. The Kier molecular flexibility index (Phi) is 5.45. The van der Waals surface area contributed by atoms with Crippen LogP contribution in [0.3, 0.4) is 0 Å². The number of hydrogen-bond acceptors (Lipinski definition) is 7. The molecule has 1 amide bonds. The minimum Gasteiger partial charge on any atom is -0.436 e. The van der Waals surface area contributed by atoms with E-state index in [4.69, 9.17) is 4.42 Å². The molecular formula is C24H16N4O4S. The van der Waals surface area contributed by atoms with Crippen LogP contribution in [-0.4, -0.2) is 21.8 Å². The molecule has 33 heavy (non-hydrogen) atoms. The average molecular weight is 456 g/mol. The van der Waals surface area contributed by atoms with Crippen molar-refractivity contribution in [2.24, 2.45) is 10.2 Å². The lowest BCUT2D eigenvalue weighted by Gasteiger charge is -2.14. The molecule has 1 aliphatic heterocycles. The molecule has 0 N–H and O–H groups in total. The van der Waals surface area contributed by atoms with Crippen LogP contribution in [0, 0.1) is 10.1 Å². The number of rotatable bonds is 4. The summed E-state index contributed by atoms with van der Waals surface area (Å²) >= 11 is 1.30. The van der Waals surface area contributed by atoms with Gasteiger partial charge in [-0.15, -0.1) is 10.2 Å². The van der Waals surface area contributed by atoms with E-state index >= 15 is 0 Å². The zero-order chi connectivity index (χ0) is 22.8. The van der Waals surface area contributed by atoms with Crippen molar-refractivity contribution in [3.8, 4) is 11.1 Å². The van der Waals surface area contributed by atoms with Gasteiger partial charge >= 0.3 is 0 Å². The number of carbonyl (C=O) groups excluding carboxylic acids is 1. The van der Waals surface area contributed by atoms with E-state index in [9.17, 15) is 14.9 Å². The van der Waals surface area contributed by atoms with Gasteiger partial charge in [0, 0.05) is 23.1 Å². The van der Waals surface area contributed by atoms with Crippen LogP contribution in [0.5, 0.6) is 0 Å². The van der Waals surface area contributed by atoms with Gasteiger partial charge in [0.2, 0.25) is 11.5 Å². The normalized spacial score (nSPS) is 15.5. The number of non-ortho nitro benzene ring substituents is 1. The monoisotopic (exact) mass is 456 g/mol. The van der Waals surface area contributed by atoms with Crippen molar-refractivity contribution < 1.29 is 14.1 Å². The average Bonchev–Trinajstić information content (AvgIpc) is 3.23. The van der Waals surface area contributed by atoms with Crippen molar-refractivity contribution in [2.45, 2.75) is 0 Å². The molecule has 0 atom stereocenters. The van der Waals surface area contributed by atoms with Crippen LogP contribution in [0.25, 0.3) is 22.1 Å². The number of para-hydroxylation sites is 2. The summed E-state index contributed by atoms with van der Waals surface area (Å²) in [5.74, 6) is 0.194. The Morgan fingerprint density at radius 1 is 0.939 bits per heavy atom. The Morgan fingerprint density at radius 2 is 1.67 bits per heavy atom. The summed E-state index contributed by atoms with van der Waals surface area (Å²) in [7, 11) is 0. The van der Waals surface area contributed by atoms with Crippen LogP contribution in [0.15, 0.2) is 99.5 Å². The molecular weight excluding hydrogens is 440 g/mol. The lowest BCUT2D eigenvalue weighted by molar-refractivity contribution is -0.384. The standard InChI is InChI=1S/C24H16N4O4S/c29-22-15-33-24(27(22)18-7-2-1-3-8-18)26-25-23-20(14-17-6-4-5-9-21(17)32-23)16-10-12-19(13-11-16)28(30)31/h1-14H,15H2/b25-23+,26-24+. The molecule has 162 valence electrons. The third-order valence-corrected chi connectivity index (χ3v) is 5.96. The third-order valence-electron chi connectivity index (χ3n) is 5.05. The molecule has 1 fully saturated rings. The number of nitro groups is 1. The third kappa shape index (κ3) is 4.13. The topological polar surface area (TPSA) is 101 Å². The van der Waals surface area contributed by atoms with Crippen molar-refractivity contribution >= 4 is 45.2 Å². The number of thioether (sulfide) groups is 1. The second-order valence-corrected chi connectivity index (χ2v) is 8.09. The molecule has 1 aliphatic rings. The summed E-state index contributed by atoms with van der Waals surface area (Å²) in [6.07, 6.45) is 0. The van der Waals surface area contributed by atoms with E-state index in [2.05, 4.69) is 10.2 Å². The zero-order valence-corrected chi connectivity index (χ0v) is 17.9. The largest absolute Gasteiger partial charge is 0.436 e. The van der Waals surface area contributed by atoms with Gasteiger partial charge in [0.15, 0.2) is 5.17 Å². The maximum atomic E-state index is 12.5. The quantitative estimate of drug-likeness (QED) is 0.319. The van der Waals surface area contributed by atoms with E-state index in [0.717, 1.165) is 5.39 Å². The zero-order valence-electron chi connectivity index (χ0n) is 17.1. The predicted octanol–water partition coefficient (Wildman–Crippen LogP) is 4.96. The SMILES string of the molecule is O=C1CS/C(=N/N=c2/oc3ccccc3cc2-c2ccc([N+](=O)[O-])cc2)N1c1ccccc1. The van der Waals surface area contributed by atoms with Gasteiger partial charge in [0.25, 0.3) is 5.69 Å². The molecule has 1 saturated heterocycles. The maximum absolute atomic E-state index is 12.5. The van der Waals surface area contributed by atoms with Gasteiger partial charge in [0.05, 0.1) is 16.4 Å². The molecule has 0 spiro atoms. The lowest BCUT2D eigenvalue weighted by atomic mass is 10.1. The van der Waals surface area contributed by atoms with Crippen LogP contribution in [0.2, 0.25) is 0 Å². The number of anilines is 1. The predicted molar refractivity (Wildman–Crippen MR) is 128 cm³/mol. The van der Waals surface area contributed by atoms with Crippen molar-refractivity contribution in [2.75, 3.05) is 10.7 Å². The summed E-state index contributed by atoms with van der Waals surface area (Å²) in [5.41, 5.74) is 2.90. The molecule has 2 heterocycles. The minimum absolute atomic E-state index is 0.00502. The Balaban J connectivity index is 1.64. The second kappa shape index (κ2) is 8.71. The molecule has 0 bridgehead atoms. The number of carbonyl (C=O) groups is 1. The van der Waals surface area contributed by atoms with Crippen molar-refractivity contribution in [1.29, 1.82) is 0 Å². The van der Waals surface area contributed by atoms with E-state index in [1.54, 1.807) is 12.1 Å². The van der Waals surface area contributed by atoms with E-state index in [1.165, 1.54) is 28.8 Å². The molecule has 5 rings (SSSR count). The number of amidine groups is 1. The fourth-order valence-corrected chi connectivity index (χ4v) is 4.28. The highest BCUT2D eigenvalue weighted by Gasteiger charge is 2.29. The summed E-state index contributed by atoms with van der Waals surface area (Å²) in [5, 5.41) is 21.0. The fourth-order valence-electron chi connectivity index (χ4n) is 3.47. The second-order valence-electron chi connectivity index (χ2n) is 7.14. The molecule has 9 heteroatoms. The van der Waals surface area contributed by atoms with Crippen molar-refractivity contribution in [1.82, 2.24) is 0 Å². The molecule has 0 radical (unpaired) electrons. The number of hydrogen-bond donors (Lipinski definition) is 0. The maximum Gasteiger partial charge on any atom is 0.269 e. The first-order valence-corrected chi connectivity index (χ1v) is 11.0. The van der Waals surface area contributed by atoms with E-state index in [0.29, 0.717) is 27.6 Å². The number of nitrogens with zero attached hydrogens (tertiary/aromatic N) is 4. The molecule has 0 aliphatic carbocycles. The minimum atomic E-state index is -0.446. The van der Waals surface area contributed by atoms with Crippen LogP contribution in [-0.2, 0) is 4.79 Å². The number of amides is 1. The molecule has 1 aromatic heterocycles. The molecule has 8 nitrogen and oxygen atoms in total. The number of benzene rings is 3. The summed E-state index contributed by atoms with van der Waals surface area (Å²) in [6, 6.07) is 24.8. The van der Waals surface area contributed by atoms with Gasteiger partial charge in [-0.3, -0.25) is 19.8 Å². The van der Waals surface area contributed by atoms with Gasteiger partial charge < -0.3 is 4.42 Å². The first-order valence-electron chi connectivity index (χ1n) is 10.0. The summed E-state index contributed by atoms with van der Waals surface area (Å²) in [4.78, 5) is 24.6. The van der Waals surface area contributed by atoms with Gasteiger partial charge in [-0.1, -0.05) is 48.2 Å². The van der Waals surface area contributed by atoms with Crippen LogP contribution < -0.4 is 10.5 Å². The Labute approximate surface area is 192 Å². The van der Waals surface area contributed by atoms with Crippen LogP contribution in [0.4, 0.5) is 11.4 Å². The van der Waals surface area contributed by atoms with Crippen molar-refractivity contribution in [3.63, 3.8) is 0 Å². The first-order chi connectivity index (χ1) is 16.1. The first kappa shape index (κ1) is 20.7.